The van der Waals surface area contributed by atoms with E-state index >= 15 is 0 Å². The minimum atomic E-state index is -0.760. The number of carbonyl (C=O) groups is 1. The number of aliphatic carboxylic acids is 1. The van der Waals surface area contributed by atoms with Gasteiger partial charge >= 0.3 is 5.97 Å². The molecule has 1 aliphatic heterocycles. The summed E-state index contributed by atoms with van der Waals surface area (Å²) < 4.78 is 0. The Morgan fingerprint density at radius 1 is 1.75 bits per heavy atom. The molecule has 0 aliphatic carbocycles. The Balaban J connectivity index is 2.35. The first-order chi connectivity index (χ1) is 5.74. The van der Waals surface area contributed by atoms with Gasteiger partial charge in [-0.25, -0.2) is 0 Å². The maximum atomic E-state index is 10.6. The molecule has 0 amide bonds. The third-order valence-corrected chi connectivity index (χ3v) is 2.03. The maximum Gasteiger partial charge on any atom is 0.322 e. The Kier molecular flexibility index (Phi) is 3.49. The second kappa shape index (κ2) is 4.42. The van der Waals surface area contributed by atoms with Crippen LogP contribution < -0.4 is 5.32 Å². The van der Waals surface area contributed by atoms with Crippen LogP contribution in [0.15, 0.2) is 0 Å². The Hall–Kier alpha value is -0.610. The molecule has 0 unspecified atom stereocenters. The van der Waals surface area contributed by atoms with Crippen molar-refractivity contribution in [2.75, 3.05) is 26.2 Å². The number of piperazine rings is 1. The number of carboxylic acid groups (broad SMARTS) is 1. The van der Waals surface area contributed by atoms with Gasteiger partial charge in [-0.2, -0.15) is 0 Å². The highest BCUT2D eigenvalue weighted by atomic mass is 16.4. The minimum Gasteiger partial charge on any atom is -0.480 e. The fourth-order valence-electron chi connectivity index (χ4n) is 1.40. The number of nitrogens with one attached hydrogen (secondary N) is 1. The van der Waals surface area contributed by atoms with Gasteiger partial charge in [0.15, 0.2) is 0 Å². The third-order valence-electron chi connectivity index (χ3n) is 2.03. The standard InChI is InChI=1S/C8H15N2O2/c1-2-4-10-5-3-9-7(6-10)8(11)12/h7,9H,1-6H2,(H,11,12)/t7-/m1/s1. The van der Waals surface area contributed by atoms with Crippen molar-refractivity contribution >= 4 is 5.97 Å². The zero-order chi connectivity index (χ0) is 8.97. The van der Waals surface area contributed by atoms with Crippen molar-refractivity contribution in [1.82, 2.24) is 10.2 Å². The molecule has 1 rings (SSSR count). The van der Waals surface area contributed by atoms with Crippen molar-refractivity contribution in [2.24, 2.45) is 0 Å². The first kappa shape index (κ1) is 9.48. The molecule has 0 aromatic heterocycles. The molecule has 4 nitrogen and oxygen atoms in total. The van der Waals surface area contributed by atoms with E-state index in [1.54, 1.807) is 0 Å². The lowest BCUT2D eigenvalue weighted by molar-refractivity contribution is -0.140. The Bertz CT molecular complexity index is 159. The Morgan fingerprint density at radius 2 is 2.50 bits per heavy atom. The van der Waals surface area contributed by atoms with Crippen LogP contribution in [0.3, 0.4) is 0 Å². The summed E-state index contributed by atoms with van der Waals surface area (Å²) in [5.41, 5.74) is 0. The van der Waals surface area contributed by atoms with Gasteiger partial charge in [0.1, 0.15) is 6.04 Å². The molecule has 1 aliphatic rings. The molecular formula is C8H15N2O2. The summed E-state index contributed by atoms with van der Waals surface area (Å²) in [5.74, 6) is -0.760. The van der Waals surface area contributed by atoms with Crippen LogP contribution in [-0.4, -0.2) is 48.2 Å². The summed E-state index contributed by atoms with van der Waals surface area (Å²) in [6, 6.07) is -0.398. The zero-order valence-corrected chi connectivity index (χ0v) is 7.12. The van der Waals surface area contributed by atoms with E-state index in [0.29, 0.717) is 6.54 Å². The average Bonchev–Trinajstić information content (AvgIpc) is 2.05. The van der Waals surface area contributed by atoms with Crippen molar-refractivity contribution < 1.29 is 9.90 Å². The fourth-order valence-corrected chi connectivity index (χ4v) is 1.40. The van der Waals surface area contributed by atoms with Crippen LogP contribution in [0.5, 0.6) is 0 Å². The molecular weight excluding hydrogens is 156 g/mol. The molecule has 1 atom stereocenters. The first-order valence-corrected chi connectivity index (χ1v) is 4.22. The Morgan fingerprint density at radius 3 is 3.08 bits per heavy atom. The van der Waals surface area contributed by atoms with E-state index in [0.717, 1.165) is 26.1 Å². The lowest BCUT2D eigenvalue weighted by atomic mass is 10.2. The second-order valence-corrected chi connectivity index (χ2v) is 3.00. The normalized spacial score (nSPS) is 25.6. The van der Waals surface area contributed by atoms with Gasteiger partial charge < -0.3 is 10.4 Å². The van der Waals surface area contributed by atoms with E-state index in [9.17, 15) is 4.79 Å². The van der Waals surface area contributed by atoms with Gasteiger partial charge in [0.25, 0.3) is 0 Å². The number of nitrogens with zero attached hydrogens (tertiary/aromatic N) is 1. The first-order valence-electron chi connectivity index (χ1n) is 4.22. The van der Waals surface area contributed by atoms with Crippen molar-refractivity contribution in [2.45, 2.75) is 12.5 Å². The van der Waals surface area contributed by atoms with Gasteiger partial charge in [-0.15, -0.1) is 0 Å². The minimum absolute atomic E-state index is 0.398. The smallest absolute Gasteiger partial charge is 0.322 e. The topological polar surface area (TPSA) is 52.6 Å². The van der Waals surface area contributed by atoms with Gasteiger partial charge in [0.2, 0.25) is 0 Å². The van der Waals surface area contributed by atoms with Gasteiger partial charge in [-0.05, 0) is 13.0 Å². The Labute approximate surface area is 72.6 Å². The van der Waals surface area contributed by atoms with Gasteiger partial charge in [0, 0.05) is 19.6 Å². The van der Waals surface area contributed by atoms with Crippen LogP contribution in [0.2, 0.25) is 0 Å². The summed E-state index contributed by atoms with van der Waals surface area (Å²) in [6.45, 7) is 6.93. The van der Waals surface area contributed by atoms with Crippen LogP contribution >= 0.6 is 0 Å². The molecule has 1 fully saturated rings. The lowest BCUT2D eigenvalue weighted by Crippen LogP contribution is -2.54. The van der Waals surface area contributed by atoms with Crippen LogP contribution in [0.4, 0.5) is 0 Å². The van der Waals surface area contributed by atoms with Gasteiger partial charge in [-0.3, -0.25) is 9.69 Å². The van der Waals surface area contributed by atoms with Crippen LogP contribution in [0, 0.1) is 6.92 Å². The number of rotatable bonds is 3. The molecule has 2 N–H and O–H groups in total. The van der Waals surface area contributed by atoms with E-state index in [2.05, 4.69) is 17.1 Å². The van der Waals surface area contributed by atoms with Gasteiger partial charge in [-0.1, -0.05) is 6.92 Å². The quantitative estimate of drug-likeness (QED) is 0.605. The fraction of sp³-hybridized carbons (Fsp3) is 0.750. The van der Waals surface area contributed by atoms with E-state index in [1.807, 2.05) is 0 Å². The molecule has 4 heteroatoms. The average molecular weight is 171 g/mol. The highest BCUT2D eigenvalue weighted by molar-refractivity contribution is 5.73. The number of carboxylic acids is 1. The largest absolute Gasteiger partial charge is 0.480 e. The summed E-state index contributed by atoms with van der Waals surface area (Å²) in [6.07, 6.45) is 0.840. The van der Waals surface area contributed by atoms with Crippen molar-refractivity contribution in [1.29, 1.82) is 0 Å². The summed E-state index contributed by atoms with van der Waals surface area (Å²) in [4.78, 5) is 12.7. The van der Waals surface area contributed by atoms with Crippen molar-refractivity contribution in [3.63, 3.8) is 0 Å². The molecule has 12 heavy (non-hydrogen) atoms. The summed E-state index contributed by atoms with van der Waals surface area (Å²) in [7, 11) is 0. The molecule has 0 saturated carbocycles. The van der Waals surface area contributed by atoms with E-state index in [-0.39, 0.29) is 0 Å². The van der Waals surface area contributed by atoms with Crippen molar-refractivity contribution in [3.05, 3.63) is 6.92 Å². The van der Waals surface area contributed by atoms with Crippen LogP contribution in [-0.2, 0) is 4.79 Å². The second-order valence-electron chi connectivity index (χ2n) is 3.00. The zero-order valence-electron chi connectivity index (χ0n) is 7.12. The molecule has 69 valence electrons. The van der Waals surface area contributed by atoms with Gasteiger partial charge in [0.05, 0.1) is 0 Å². The predicted octanol–water partition coefficient (Wildman–Crippen LogP) is -0.431. The molecule has 0 bridgehead atoms. The summed E-state index contributed by atoms with van der Waals surface area (Å²) in [5, 5.41) is 11.7. The van der Waals surface area contributed by atoms with Crippen LogP contribution in [0.25, 0.3) is 0 Å². The van der Waals surface area contributed by atoms with E-state index in [1.165, 1.54) is 0 Å². The van der Waals surface area contributed by atoms with E-state index in [4.69, 9.17) is 5.11 Å². The summed E-state index contributed by atoms with van der Waals surface area (Å²) >= 11 is 0. The molecule has 1 saturated heterocycles. The molecule has 1 radical (unpaired) electrons. The third kappa shape index (κ3) is 2.46. The monoisotopic (exact) mass is 171 g/mol. The molecule has 0 aromatic carbocycles. The molecule has 0 spiro atoms. The number of hydrogen-bond acceptors (Lipinski definition) is 3. The molecule has 0 aromatic rings. The van der Waals surface area contributed by atoms with E-state index < -0.39 is 12.0 Å². The SMILES string of the molecule is [CH2]CCN1CCN[C@@H](C(=O)O)C1. The number of hydrogen-bond donors (Lipinski definition) is 2. The highest BCUT2D eigenvalue weighted by Crippen LogP contribution is 1.99. The highest BCUT2D eigenvalue weighted by Gasteiger charge is 2.23. The maximum absolute atomic E-state index is 10.6. The van der Waals surface area contributed by atoms with Crippen molar-refractivity contribution in [3.8, 4) is 0 Å². The van der Waals surface area contributed by atoms with Crippen LogP contribution in [0.1, 0.15) is 6.42 Å². The lowest BCUT2D eigenvalue weighted by Gasteiger charge is -2.31. The predicted molar refractivity (Wildman–Crippen MR) is 45.8 cm³/mol. The molecule has 1 heterocycles.